The van der Waals surface area contributed by atoms with Crippen LogP contribution in [0.15, 0.2) is 0 Å². The van der Waals surface area contributed by atoms with E-state index < -0.39 is 0 Å². The summed E-state index contributed by atoms with van der Waals surface area (Å²) >= 11 is 7.24. The molecule has 0 N–H and O–H groups in total. The van der Waals surface area contributed by atoms with Gasteiger partial charge in [0, 0.05) is 24.4 Å². The normalized spacial score (nSPS) is 12.0. The summed E-state index contributed by atoms with van der Waals surface area (Å²) in [6.45, 7) is 5.62. The number of hydrogen-bond donors (Lipinski definition) is 0. The van der Waals surface area contributed by atoms with Gasteiger partial charge in [-0.1, -0.05) is 45.2 Å². The van der Waals surface area contributed by atoms with Gasteiger partial charge in [-0.15, -0.1) is 0 Å². The first-order valence-electron chi connectivity index (χ1n) is 6.51. The SMILES string of the molecule is CCCC(CBr)(CBr)CCOCCOCCOC. The lowest BCUT2D eigenvalue weighted by Gasteiger charge is -2.29. The standard InChI is InChI=1S/C13H26Br2O3/c1-3-4-13(11-14,12-15)5-6-17-9-10-18-8-7-16-2/h3-12H2,1-2H3. The topological polar surface area (TPSA) is 27.7 Å². The quantitative estimate of drug-likeness (QED) is 0.355. The third kappa shape index (κ3) is 8.86. The molecule has 0 rings (SSSR count). The van der Waals surface area contributed by atoms with Crippen LogP contribution in [-0.4, -0.2) is 50.8 Å². The third-order valence-electron chi connectivity index (χ3n) is 2.93. The molecular formula is C13H26Br2O3. The Labute approximate surface area is 128 Å². The van der Waals surface area contributed by atoms with Gasteiger partial charge >= 0.3 is 0 Å². The van der Waals surface area contributed by atoms with Crippen LogP contribution in [0, 0.1) is 5.41 Å². The monoisotopic (exact) mass is 388 g/mol. The van der Waals surface area contributed by atoms with Crippen molar-refractivity contribution in [2.45, 2.75) is 26.2 Å². The molecule has 0 fully saturated rings. The Kier molecular flexibility index (Phi) is 13.5. The van der Waals surface area contributed by atoms with Crippen LogP contribution in [0.2, 0.25) is 0 Å². The molecule has 0 aliphatic rings. The Bertz CT molecular complexity index is 176. The molecule has 0 amide bonds. The molecule has 0 heterocycles. The van der Waals surface area contributed by atoms with Crippen LogP contribution in [0.3, 0.4) is 0 Å². The van der Waals surface area contributed by atoms with E-state index in [9.17, 15) is 0 Å². The molecular weight excluding hydrogens is 364 g/mol. The lowest BCUT2D eigenvalue weighted by atomic mass is 9.85. The third-order valence-corrected chi connectivity index (χ3v) is 5.31. The fourth-order valence-electron chi connectivity index (χ4n) is 1.71. The highest BCUT2D eigenvalue weighted by Crippen LogP contribution is 2.32. The van der Waals surface area contributed by atoms with E-state index in [-0.39, 0.29) is 0 Å². The van der Waals surface area contributed by atoms with Gasteiger partial charge < -0.3 is 14.2 Å². The molecule has 0 atom stereocenters. The average molecular weight is 390 g/mol. The molecule has 0 unspecified atom stereocenters. The number of hydrogen-bond acceptors (Lipinski definition) is 3. The van der Waals surface area contributed by atoms with Crippen LogP contribution in [0.25, 0.3) is 0 Å². The minimum Gasteiger partial charge on any atom is -0.382 e. The summed E-state index contributed by atoms with van der Waals surface area (Å²) in [6.07, 6.45) is 3.50. The van der Waals surface area contributed by atoms with E-state index in [0.717, 1.165) is 23.7 Å². The van der Waals surface area contributed by atoms with Crippen molar-refractivity contribution in [3.05, 3.63) is 0 Å². The molecule has 18 heavy (non-hydrogen) atoms. The Morgan fingerprint density at radius 3 is 1.89 bits per heavy atom. The summed E-state index contributed by atoms with van der Waals surface area (Å²) in [6, 6.07) is 0. The summed E-state index contributed by atoms with van der Waals surface area (Å²) in [5, 5.41) is 2.04. The predicted molar refractivity (Wildman–Crippen MR) is 83.1 cm³/mol. The zero-order chi connectivity index (χ0) is 13.7. The molecule has 0 aromatic carbocycles. The van der Waals surface area contributed by atoms with E-state index >= 15 is 0 Å². The summed E-state index contributed by atoms with van der Waals surface area (Å²) in [5.41, 5.74) is 0.325. The predicted octanol–water partition coefficient (Wildman–Crippen LogP) is 3.63. The van der Waals surface area contributed by atoms with E-state index in [1.165, 1.54) is 12.8 Å². The molecule has 5 heteroatoms. The molecule has 0 aromatic rings. The fraction of sp³-hybridized carbons (Fsp3) is 1.00. The number of methoxy groups -OCH3 is 1. The number of alkyl halides is 2. The Morgan fingerprint density at radius 1 is 0.833 bits per heavy atom. The second kappa shape index (κ2) is 12.9. The maximum atomic E-state index is 5.61. The number of halogens is 2. The van der Waals surface area contributed by atoms with Crippen LogP contribution in [-0.2, 0) is 14.2 Å². The van der Waals surface area contributed by atoms with Gasteiger partial charge in [-0.2, -0.15) is 0 Å². The van der Waals surface area contributed by atoms with Crippen molar-refractivity contribution in [3.63, 3.8) is 0 Å². The molecule has 0 radical (unpaired) electrons. The van der Waals surface area contributed by atoms with Gasteiger partial charge in [-0.25, -0.2) is 0 Å². The van der Waals surface area contributed by atoms with Crippen LogP contribution < -0.4 is 0 Å². The lowest BCUT2D eigenvalue weighted by Crippen LogP contribution is -2.27. The first-order valence-corrected chi connectivity index (χ1v) is 8.75. The number of ether oxygens (including phenoxy) is 3. The van der Waals surface area contributed by atoms with Crippen molar-refractivity contribution < 1.29 is 14.2 Å². The summed E-state index contributed by atoms with van der Waals surface area (Å²) < 4.78 is 15.8. The first kappa shape index (κ1) is 18.8. The molecule has 110 valence electrons. The van der Waals surface area contributed by atoms with E-state index in [1.54, 1.807) is 7.11 Å². The highest BCUT2D eigenvalue weighted by Gasteiger charge is 2.26. The zero-order valence-electron chi connectivity index (χ0n) is 11.6. The zero-order valence-corrected chi connectivity index (χ0v) is 14.7. The van der Waals surface area contributed by atoms with E-state index in [0.29, 0.717) is 31.8 Å². The summed E-state index contributed by atoms with van der Waals surface area (Å²) in [4.78, 5) is 0. The van der Waals surface area contributed by atoms with Gasteiger partial charge in [-0.05, 0) is 18.3 Å². The molecule has 0 aromatic heterocycles. The van der Waals surface area contributed by atoms with Gasteiger partial charge in [0.25, 0.3) is 0 Å². The maximum absolute atomic E-state index is 5.61. The number of rotatable bonds is 13. The minimum absolute atomic E-state index is 0.325. The molecule has 0 bridgehead atoms. The van der Waals surface area contributed by atoms with Crippen molar-refractivity contribution in [2.24, 2.45) is 5.41 Å². The van der Waals surface area contributed by atoms with Crippen molar-refractivity contribution >= 4 is 31.9 Å². The van der Waals surface area contributed by atoms with Gasteiger partial charge in [-0.3, -0.25) is 0 Å². The van der Waals surface area contributed by atoms with Gasteiger partial charge in [0.1, 0.15) is 0 Å². The molecule has 0 saturated heterocycles. The highest BCUT2D eigenvalue weighted by molar-refractivity contribution is 9.09. The second-order valence-corrected chi connectivity index (χ2v) is 5.61. The van der Waals surface area contributed by atoms with Crippen molar-refractivity contribution in [2.75, 3.05) is 50.8 Å². The Hall–Kier alpha value is 0.840. The van der Waals surface area contributed by atoms with Gasteiger partial charge in [0.15, 0.2) is 0 Å². The smallest absolute Gasteiger partial charge is 0.0701 e. The average Bonchev–Trinajstić information content (AvgIpc) is 2.40. The van der Waals surface area contributed by atoms with E-state index in [2.05, 4.69) is 38.8 Å². The highest BCUT2D eigenvalue weighted by atomic mass is 79.9. The minimum atomic E-state index is 0.325. The first-order chi connectivity index (χ1) is 8.74. The van der Waals surface area contributed by atoms with E-state index in [4.69, 9.17) is 14.2 Å². The van der Waals surface area contributed by atoms with Crippen molar-refractivity contribution in [1.29, 1.82) is 0 Å². The molecule has 0 spiro atoms. The van der Waals surface area contributed by atoms with Gasteiger partial charge in [0.2, 0.25) is 0 Å². The van der Waals surface area contributed by atoms with Crippen LogP contribution in [0.5, 0.6) is 0 Å². The van der Waals surface area contributed by atoms with Crippen LogP contribution in [0.1, 0.15) is 26.2 Å². The van der Waals surface area contributed by atoms with Crippen LogP contribution >= 0.6 is 31.9 Å². The Morgan fingerprint density at radius 2 is 1.39 bits per heavy atom. The maximum Gasteiger partial charge on any atom is 0.0701 e. The summed E-state index contributed by atoms with van der Waals surface area (Å²) in [7, 11) is 1.67. The van der Waals surface area contributed by atoms with E-state index in [1.807, 2.05) is 0 Å². The second-order valence-electron chi connectivity index (χ2n) is 4.48. The molecule has 0 aliphatic carbocycles. The lowest BCUT2D eigenvalue weighted by molar-refractivity contribution is 0.0186. The largest absolute Gasteiger partial charge is 0.382 e. The van der Waals surface area contributed by atoms with Crippen LogP contribution in [0.4, 0.5) is 0 Å². The molecule has 3 nitrogen and oxygen atoms in total. The molecule has 0 saturated carbocycles. The molecule has 0 aliphatic heterocycles. The van der Waals surface area contributed by atoms with Crippen molar-refractivity contribution in [1.82, 2.24) is 0 Å². The fourth-order valence-corrected chi connectivity index (χ4v) is 3.76. The summed E-state index contributed by atoms with van der Waals surface area (Å²) in [5.74, 6) is 0. The van der Waals surface area contributed by atoms with Crippen molar-refractivity contribution in [3.8, 4) is 0 Å². The van der Waals surface area contributed by atoms with Gasteiger partial charge in [0.05, 0.1) is 26.4 Å². The Balaban J connectivity index is 3.55.